The number of halogens is 2. The highest BCUT2D eigenvalue weighted by Gasteiger charge is 2.34. The van der Waals surface area contributed by atoms with Crippen LogP contribution in [-0.4, -0.2) is 24.5 Å². The molecular formula is C14H19Cl2N. The molecule has 0 aliphatic carbocycles. The van der Waals surface area contributed by atoms with Gasteiger partial charge in [-0.05, 0) is 43.6 Å². The summed E-state index contributed by atoms with van der Waals surface area (Å²) in [5.74, 6) is 0. The first kappa shape index (κ1) is 13.2. The van der Waals surface area contributed by atoms with Crippen LogP contribution >= 0.6 is 23.2 Å². The van der Waals surface area contributed by atoms with Gasteiger partial charge in [0, 0.05) is 12.0 Å². The molecule has 1 atom stereocenters. The lowest BCUT2D eigenvalue weighted by molar-refractivity contribution is 0.317. The lowest BCUT2D eigenvalue weighted by Crippen LogP contribution is -2.28. The summed E-state index contributed by atoms with van der Waals surface area (Å²) in [6, 6.07) is 6.05. The minimum Gasteiger partial charge on any atom is -0.302 e. The minimum atomic E-state index is 0.226. The Labute approximate surface area is 114 Å². The summed E-state index contributed by atoms with van der Waals surface area (Å²) >= 11 is 12.1. The third kappa shape index (κ3) is 2.78. The topological polar surface area (TPSA) is 3.24 Å². The van der Waals surface area contributed by atoms with Gasteiger partial charge in [-0.15, -0.1) is 0 Å². The van der Waals surface area contributed by atoms with Gasteiger partial charge in [-0.1, -0.05) is 43.1 Å². The SMILES string of the molecule is CCCN1CC[C@@](C)(c2ccc(Cl)c(Cl)c2)C1. The monoisotopic (exact) mass is 271 g/mol. The van der Waals surface area contributed by atoms with Crippen LogP contribution in [0.25, 0.3) is 0 Å². The number of hydrogen-bond acceptors (Lipinski definition) is 1. The first-order valence-electron chi connectivity index (χ1n) is 6.23. The van der Waals surface area contributed by atoms with Gasteiger partial charge < -0.3 is 4.90 Å². The standard InChI is InChI=1S/C14H19Cl2N/c1-3-7-17-8-6-14(2,10-17)11-4-5-12(15)13(16)9-11/h4-5,9H,3,6-8,10H2,1-2H3/t14-/m1/s1. The van der Waals surface area contributed by atoms with Gasteiger partial charge in [-0.25, -0.2) is 0 Å². The fourth-order valence-corrected chi connectivity index (χ4v) is 2.97. The normalized spacial score (nSPS) is 25.4. The summed E-state index contributed by atoms with van der Waals surface area (Å²) in [5.41, 5.74) is 1.54. The van der Waals surface area contributed by atoms with Gasteiger partial charge in [0.25, 0.3) is 0 Å². The zero-order valence-corrected chi connectivity index (χ0v) is 12.0. The van der Waals surface area contributed by atoms with Crippen LogP contribution in [0.3, 0.4) is 0 Å². The van der Waals surface area contributed by atoms with E-state index in [1.54, 1.807) is 0 Å². The minimum absolute atomic E-state index is 0.226. The molecule has 0 amide bonds. The van der Waals surface area contributed by atoms with E-state index in [1.807, 2.05) is 12.1 Å². The van der Waals surface area contributed by atoms with E-state index < -0.39 is 0 Å². The number of nitrogens with zero attached hydrogens (tertiary/aromatic N) is 1. The van der Waals surface area contributed by atoms with Crippen molar-refractivity contribution < 1.29 is 0 Å². The Morgan fingerprint density at radius 3 is 2.71 bits per heavy atom. The lowest BCUT2D eigenvalue weighted by atomic mass is 9.82. The van der Waals surface area contributed by atoms with Crippen LogP contribution in [-0.2, 0) is 5.41 Å². The third-order valence-corrected chi connectivity index (χ3v) is 4.45. The van der Waals surface area contributed by atoms with E-state index in [2.05, 4.69) is 24.8 Å². The average Bonchev–Trinajstić information content (AvgIpc) is 2.66. The second-order valence-electron chi connectivity index (χ2n) is 5.22. The Kier molecular flexibility index (Phi) is 4.02. The molecule has 2 rings (SSSR count). The van der Waals surface area contributed by atoms with Gasteiger partial charge in [0.15, 0.2) is 0 Å². The van der Waals surface area contributed by atoms with Gasteiger partial charge in [0.2, 0.25) is 0 Å². The summed E-state index contributed by atoms with van der Waals surface area (Å²) < 4.78 is 0. The molecule has 1 aliphatic heterocycles. The Morgan fingerprint density at radius 2 is 2.06 bits per heavy atom. The first-order chi connectivity index (χ1) is 8.05. The maximum atomic E-state index is 6.11. The number of hydrogen-bond donors (Lipinski definition) is 0. The molecule has 0 N–H and O–H groups in total. The van der Waals surface area contributed by atoms with Crippen molar-refractivity contribution in [3.63, 3.8) is 0 Å². The van der Waals surface area contributed by atoms with Crippen molar-refractivity contribution in [2.75, 3.05) is 19.6 Å². The molecule has 0 unspecified atom stereocenters. The lowest BCUT2D eigenvalue weighted by Gasteiger charge is -2.25. The second kappa shape index (κ2) is 5.17. The predicted molar refractivity (Wildman–Crippen MR) is 75.2 cm³/mol. The van der Waals surface area contributed by atoms with Crippen molar-refractivity contribution in [3.8, 4) is 0 Å². The molecule has 1 fully saturated rings. The van der Waals surface area contributed by atoms with Crippen LogP contribution < -0.4 is 0 Å². The van der Waals surface area contributed by atoms with E-state index in [0.717, 1.165) is 6.54 Å². The molecule has 94 valence electrons. The molecule has 1 nitrogen and oxygen atoms in total. The van der Waals surface area contributed by atoms with Gasteiger partial charge >= 0.3 is 0 Å². The largest absolute Gasteiger partial charge is 0.302 e. The number of likely N-dealkylation sites (tertiary alicyclic amines) is 1. The fraction of sp³-hybridized carbons (Fsp3) is 0.571. The van der Waals surface area contributed by atoms with E-state index in [0.29, 0.717) is 10.0 Å². The van der Waals surface area contributed by atoms with Gasteiger partial charge in [-0.3, -0.25) is 0 Å². The first-order valence-corrected chi connectivity index (χ1v) is 6.98. The molecule has 0 bridgehead atoms. The van der Waals surface area contributed by atoms with Gasteiger partial charge in [0.05, 0.1) is 10.0 Å². The molecule has 0 radical (unpaired) electrons. The van der Waals surface area contributed by atoms with E-state index in [4.69, 9.17) is 23.2 Å². The molecule has 0 saturated carbocycles. The zero-order chi connectivity index (χ0) is 12.5. The van der Waals surface area contributed by atoms with Crippen LogP contribution in [0.1, 0.15) is 32.3 Å². The molecular weight excluding hydrogens is 253 g/mol. The zero-order valence-electron chi connectivity index (χ0n) is 10.5. The van der Waals surface area contributed by atoms with E-state index in [-0.39, 0.29) is 5.41 Å². The number of rotatable bonds is 3. The van der Waals surface area contributed by atoms with Crippen molar-refractivity contribution in [2.24, 2.45) is 0 Å². The van der Waals surface area contributed by atoms with Crippen LogP contribution in [0.15, 0.2) is 18.2 Å². The third-order valence-electron chi connectivity index (χ3n) is 3.71. The summed E-state index contributed by atoms with van der Waals surface area (Å²) in [5, 5.41) is 1.31. The smallest absolute Gasteiger partial charge is 0.0595 e. The van der Waals surface area contributed by atoms with Gasteiger partial charge in [0.1, 0.15) is 0 Å². The van der Waals surface area contributed by atoms with Crippen LogP contribution in [0.4, 0.5) is 0 Å². The van der Waals surface area contributed by atoms with Gasteiger partial charge in [-0.2, -0.15) is 0 Å². The Balaban J connectivity index is 2.18. The van der Waals surface area contributed by atoms with Crippen molar-refractivity contribution in [3.05, 3.63) is 33.8 Å². The van der Waals surface area contributed by atoms with Crippen molar-refractivity contribution in [2.45, 2.75) is 32.1 Å². The summed E-state index contributed by atoms with van der Waals surface area (Å²) in [6.07, 6.45) is 2.42. The van der Waals surface area contributed by atoms with E-state index >= 15 is 0 Å². The fourth-order valence-electron chi connectivity index (χ4n) is 2.67. The Hall–Kier alpha value is -0.240. The van der Waals surface area contributed by atoms with Crippen LogP contribution in [0, 0.1) is 0 Å². The van der Waals surface area contributed by atoms with Crippen LogP contribution in [0.5, 0.6) is 0 Å². The Morgan fingerprint density at radius 1 is 1.29 bits per heavy atom. The molecule has 0 aromatic heterocycles. The summed E-state index contributed by atoms with van der Waals surface area (Å²) in [4.78, 5) is 2.53. The molecule has 1 heterocycles. The second-order valence-corrected chi connectivity index (χ2v) is 6.03. The molecule has 3 heteroatoms. The van der Waals surface area contributed by atoms with E-state index in [1.165, 1.54) is 31.5 Å². The van der Waals surface area contributed by atoms with Crippen molar-refractivity contribution >= 4 is 23.2 Å². The quantitative estimate of drug-likeness (QED) is 0.789. The predicted octanol–water partition coefficient (Wildman–Crippen LogP) is 4.37. The molecule has 1 aromatic rings. The molecule has 1 aromatic carbocycles. The average molecular weight is 272 g/mol. The van der Waals surface area contributed by atoms with Crippen LogP contribution in [0.2, 0.25) is 10.0 Å². The molecule has 0 spiro atoms. The highest BCUT2D eigenvalue weighted by molar-refractivity contribution is 6.42. The van der Waals surface area contributed by atoms with E-state index in [9.17, 15) is 0 Å². The Bertz CT molecular complexity index is 405. The van der Waals surface area contributed by atoms with Crippen molar-refractivity contribution in [1.82, 2.24) is 4.90 Å². The number of benzene rings is 1. The molecule has 1 aliphatic rings. The highest BCUT2D eigenvalue weighted by atomic mass is 35.5. The summed E-state index contributed by atoms with van der Waals surface area (Å²) in [7, 11) is 0. The molecule has 1 saturated heterocycles. The summed E-state index contributed by atoms with van der Waals surface area (Å²) in [6.45, 7) is 8.05. The maximum absolute atomic E-state index is 6.11. The maximum Gasteiger partial charge on any atom is 0.0595 e. The molecule has 17 heavy (non-hydrogen) atoms. The van der Waals surface area contributed by atoms with Crippen molar-refractivity contribution in [1.29, 1.82) is 0 Å². The highest BCUT2D eigenvalue weighted by Crippen LogP contribution is 2.36.